The molecule has 1 aromatic rings. The predicted octanol–water partition coefficient (Wildman–Crippen LogP) is 1.87. The van der Waals surface area contributed by atoms with E-state index in [1.165, 1.54) is 30.2 Å². The van der Waals surface area contributed by atoms with E-state index < -0.39 is 11.8 Å². The van der Waals surface area contributed by atoms with Gasteiger partial charge in [0.25, 0.3) is 5.91 Å². The second-order valence-electron chi connectivity index (χ2n) is 4.48. The highest BCUT2D eigenvalue weighted by atomic mass is 19.1. The Morgan fingerprint density at radius 1 is 1.24 bits per heavy atom. The van der Waals surface area contributed by atoms with Crippen LogP contribution in [0.15, 0.2) is 24.3 Å². The number of benzene rings is 1. The first-order valence-corrected chi connectivity index (χ1v) is 6.69. The van der Waals surface area contributed by atoms with Crippen molar-refractivity contribution < 1.29 is 23.5 Å². The third-order valence-corrected chi connectivity index (χ3v) is 2.95. The first-order valence-electron chi connectivity index (χ1n) is 6.69. The summed E-state index contributed by atoms with van der Waals surface area (Å²) in [6, 6.07) is 5.49. The van der Waals surface area contributed by atoms with E-state index in [1.54, 1.807) is 13.2 Å². The first-order chi connectivity index (χ1) is 10.1. The lowest BCUT2D eigenvalue weighted by Gasteiger charge is -2.22. The van der Waals surface area contributed by atoms with Crippen LogP contribution >= 0.6 is 0 Å². The Morgan fingerprint density at radius 3 is 2.62 bits per heavy atom. The van der Waals surface area contributed by atoms with Gasteiger partial charge in [-0.2, -0.15) is 0 Å². The number of nitrogens with zero attached hydrogens (tertiary/aromatic N) is 1. The maximum atomic E-state index is 13.2. The van der Waals surface area contributed by atoms with Crippen molar-refractivity contribution in [1.29, 1.82) is 0 Å². The minimum absolute atomic E-state index is 0.102. The van der Waals surface area contributed by atoms with Gasteiger partial charge in [0, 0.05) is 32.4 Å². The van der Waals surface area contributed by atoms with Crippen molar-refractivity contribution in [2.24, 2.45) is 0 Å². The van der Waals surface area contributed by atoms with Crippen LogP contribution in [0.5, 0.6) is 0 Å². The Morgan fingerprint density at radius 2 is 2.00 bits per heavy atom. The second kappa shape index (κ2) is 9.07. The number of carbonyl (C=O) groups is 2. The smallest absolute Gasteiger partial charge is 0.307 e. The van der Waals surface area contributed by atoms with Gasteiger partial charge in [-0.25, -0.2) is 4.39 Å². The van der Waals surface area contributed by atoms with Gasteiger partial charge in [0.2, 0.25) is 0 Å². The molecular weight excluding hydrogens is 277 g/mol. The molecule has 0 aliphatic carbocycles. The number of esters is 1. The zero-order valence-corrected chi connectivity index (χ0v) is 12.3. The number of amides is 1. The van der Waals surface area contributed by atoms with E-state index in [4.69, 9.17) is 4.74 Å². The van der Waals surface area contributed by atoms with Crippen molar-refractivity contribution >= 4 is 11.9 Å². The molecule has 1 amide bonds. The van der Waals surface area contributed by atoms with Crippen molar-refractivity contribution in [2.75, 3.05) is 33.9 Å². The summed E-state index contributed by atoms with van der Waals surface area (Å²) < 4.78 is 22.7. The largest absolute Gasteiger partial charge is 0.469 e. The Bertz CT molecular complexity index is 478. The van der Waals surface area contributed by atoms with Gasteiger partial charge < -0.3 is 14.4 Å². The van der Waals surface area contributed by atoms with Crippen molar-refractivity contribution in [3.8, 4) is 0 Å². The number of ether oxygens (including phenoxy) is 2. The van der Waals surface area contributed by atoms with E-state index in [0.717, 1.165) is 0 Å². The maximum absolute atomic E-state index is 13.2. The lowest BCUT2D eigenvalue weighted by Crippen LogP contribution is -2.34. The van der Waals surface area contributed by atoms with Crippen LogP contribution in [0.25, 0.3) is 0 Å². The molecule has 0 saturated heterocycles. The minimum Gasteiger partial charge on any atom is -0.469 e. The van der Waals surface area contributed by atoms with E-state index in [9.17, 15) is 14.0 Å². The molecule has 0 unspecified atom stereocenters. The van der Waals surface area contributed by atoms with Gasteiger partial charge >= 0.3 is 5.97 Å². The van der Waals surface area contributed by atoms with Crippen LogP contribution in [-0.4, -0.2) is 50.7 Å². The summed E-state index contributed by atoms with van der Waals surface area (Å²) in [5, 5.41) is 0. The van der Waals surface area contributed by atoms with Gasteiger partial charge in [-0.1, -0.05) is 6.07 Å². The molecule has 116 valence electrons. The van der Waals surface area contributed by atoms with Crippen LogP contribution in [0.3, 0.4) is 0 Å². The number of hydrogen-bond acceptors (Lipinski definition) is 4. The molecule has 1 aromatic carbocycles. The highest BCUT2D eigenvalue weighted by Crippen LogP contribution is 2.09. The number of rotatable bonds is 8. The van der Waals surface area contributed by atoms with Crippen LogP contribution in [0.1, 0.15) is 23.2 Å². The summed E-state index contributed by atoms with van der Waals surface area (Å²) in [6.45, 7) is 1.16. The Kier molecular flexibility index (Phi) is 7.39. The summed E-state index contributed by atoms with van der Waals surface area (Å²) in [6.07, 6.45) is 0.739. The summed E-state index contributed by atoms with van der Waals surface area (Å²) in [4.78, 5) is 25.1. The minimum atomic E-state index is -0.467. The summed E-state index contributed by atoms with van der Waals surface area (Å²) in [7, 11) is 2.87. The zero-order chi connectivity index (χ0) is 15.7. The molecule has 5 nitrogen and oxygen atoms in total. The zero-order valence-electron chi connectivity index (χ0n) is 12.3. The van der Waals surface area contributed by atoms with E-state index in [1.807, 2.05) is 0 Å². The molecule has 0 spiro atoms. The summed E-state index contributed by atoms with van der Waals surface area (Å²) >= 11 is 0. The monoisotopic (exact) mass is 297 g/mol. The average Bonchev–Trinajstić information content (AvgIpc) is 2.49. The fraction of sp³-hybridized carbons (Fsp3) is 0.467. The average molecular weight is 297 g/mol. The van der Waals surface area contributed by atoms with Gasteiger partial charge in [0.05, 0.1) is 13.5 Å². The molecule has 0 N–H and O–H groups in total. The Balaban J connectivity index is 2.73. The molecule has 21 heavy (non-hydrogen) atoms. The molecule has 0 fully saturated rings. The molecule has 0 radical (unpaired) electrons. The van der Waals surface area contributed by atoms with E-state index in [0.29, 0.717) is 19.6 Å². The highest BCUT2D eigenvalue weighted by Gasteiger charge is 2.17. The predicted molar refractivity (Wildman–Crippen MR) is 75.4 cm³/mol. The van der Waals surface area contributed by atoms with Crippen LogP contribution < -0.4 is 0 Å². The fourth-order valence-electron chi connectivity index (χ4n) is 1.85. The topological polar surface area (TPSA) is 55.8 Å². The second-order valence-corrected chi connectivity index (χ2v) is 4.48. The summed E-state index contributed by atoms with van der Waals surface area (Å²) in [5.74, 6) is -1.17. The third-order valence-electron chi connectivity index (χ3n) is 2.95. The third kappa shape index (κ3) is 5.91. The first kappa shape index (κ1) is 17.1. The highest BCUT2D eigenvalue weighted by molar-refractivity contribution is 5.94. The van der Waals surface area contributed by atoms with Crippen LogP contribution in [0, 0.1) is 5.82 Å². The normalized spacial score (nSPS) is 10.2. The van der Waals surface area contributed by atoms with Crippen molar-refractivity contribution in [3.05, 3.63) is 35.6 Å². The standard InChI is InChI=1S/C15H20FNO4/c1-20-10-4-8-17(9-7-14(18)21-2)15(19)12-5-3-6-13(16)11-12/h3,5-6,11H,4,7-10H2,1-2H3. The molecule has 0 atom stereocenters. The van der Waals surface area contributed by atoms with Crippen molar-refractivity contribution in [2.45, 2.75) is 12.8 Å². The van der Waals surface area contributed by atoms with Gasteiger partial charge in [-0.3, -0.25) is 9.59 Å². The molecule has 0 saturated carbocycles. The van der Waals surface area contributed by atoms with E-state index >= 15 is 0 Å². The molecule has 0 bridgehead atoms. The maximum Gasteiger partial charge on any atom is 0.307 e. The quantitative estimate of drug-likeness (QED) is 0.543. The summed E-state index contributed by atoms with van der Waals surface area (Å²) in [5.41, 5.74) is 0.261. The molecule has 1 rings (SSSR count). The van der Waals surface area contributed by atoms with Gasteiger partial charge in [-0.15, -0.1) is 0 Å². The van der Waals surface area contributed by atoms with Gasteiger partial charge in [-0.05, 0) is 24.6 Å². The molecule has 0 aliphatic rings. The Hall–Kier alpha value is -1.95. The van der Waals surface area contributed by atoms with Crippen molar-refractivity contribution in [1.82, 2.24) is 4.90 Å². The van der Waals surface area contributed by atoms with Crippen LogP contribution in [-0.2, 0) is 14.3 Å². The van der Waals surface area contributed by atoms with Crippen LogP contribution in [0.4, 0.5) is 4.39 Å². The molecular formula is C15H20FNO4. The molecule has 6 heteroatoms. The SMILES string of the molecule is COCCCN(CCC(=O)OC)C(=O)c1cccc(F)c1. The van der Waals surface area contributed by atoms with Crippen LogP contribution in [0.2, 0.25) is 0 Å². The number of carbonyl (C=O) groups excluding carboxylic acids is 2. The molecule has 0 aliphatic heterocycles. The molecule has 0 aromatic heterocycles. The molecule has 0 heterocycles. The van der Waals surface area contributed by atoms with Gasteiger partial charge in [0.15, 0.2) is 0 Å². The number of methoxy groups -OCH3 is 2. The van der Waals surface area contributed by atoms with E-state index in [-0.39, 0.29) is 24.4 Å². The lowest BCUT2D eigenvalue weighted by molar-refractivity contribution is -0.140. The fourth-order valence-corrected chi connectivity index (χ4v) is 1.85. The number of halogens is 1. The Labute approximate surface area is 123 Å². The number of hydrogen-bond donors (Lipinski definition) is 0. The van der Waals surface area contributed by atoms with Crippen molar-refractivity contribution in [3.63, 3.8) is 0 Å². The lowest BCUT2D eigenvalue weighted by atomic mass is 10.2. The van der Waals surface area contributed by atoms with Gasteiger partial charge in [0.1, 0.15) is 5.82 Å². The van der Waals surface area contributed by atoms with E-state index in [2.05, 4.69) is 4.74 Å².